The molecule has 1 fully saturated rings. The molecule has 12 heteroatoms. The van der Waals surface area contributed by atoms with Crippen LogP contribution < -0.4 is 16.0 Å². The van der Waals surface area contributed by atoms with Crippen LogP contribution in [0.1, 0.15) is 80.5 Å². The van der Waals surface area contributed by atoms with Crippen molar-refractivity contribution >= 4 is 51.2 Å². The number of imide groups is 1. The quantitative estimate of drug-likeness (QED) is 0.124. The van der Waals surface area contributed by atoms with Crippen LogP contribution in [0.4, 0.5) is 0 Å². The lowest BCUT2D eigenvalue weighted by molar-refractivity contribution is -0.136. The van der Waals surface area contributed by atoms with Crippen LogP contribution in [0.15, 0.2) is 85.3 Å². The van der Waals surface area contributed by atoms with E-state index in [-0.39, 0.29) is 61.2 Å². The smallest absolute Gasteiger partial charge is 0.270 e. The molecule has 12 nitrogen and oxygen atoms in total. The van der Waals surface area contributed by atoms with Crippen molar-refractivity contribution < 1.29 is 24.0 Å². The molecular formula is C44H37N7O5. The van der Waals surface area contributed by atoms with Crippen LogP contribution in [0, 0.1) is 11.8 Å². The third-order valence-electron chi connectivity index (χ3n) is 10.4. The molecular weight excluding hydrogens is 707 g/mol. The molecule has 3 aromatic carbocycles. The molecule has 56 heavy (non-hydrogen) atoms. The fraction of sp³-hybridized carbons (Fsp3) is 0.205. The van der Waals surface area contributed by atoms with E-state index in [0.717, 1.165) is 43.9 Å². The topological polar surface area (TPSA) is 166 Å². The number of carbonyl (C=O) groups excluding carboxylic acids is 5. The van der Waals surface area contributed by atoms with Crippen molar-refractivity contribution in [2.45, 2.75) is 45.2 Å². The van der Waals surface area contributed by atoms with E-state index < -0.39 is 11.9 Å². The van der Waals surface area contributed by atoms with E-state index in [4.69, 9.17) is 4.98 Å². The Morgan fingerprint density at radius 1 is 0.929 bits per heavy atom. The molecule has 1 unspecified atom stereocenters. The zero-order valence-electron chi connectivity index (χ0n) is 30.9. The number of hydrogen-bond acceptors (Lipinski definition) is 7. The molecule has 3 aromatic heterocycles. The van der Waals surface area contributed by atoms with Crippen molar-refractivity contribution in [2.75, 3.05) is 13.6 Å². The summed E-state index contributed by atoms with van der Waals surface area (Å²) in [7, 11) is 1.63. The van der Waals surface area contributed by atoms with Gasteiger partial charge in [-0.15, -0.1) is 0 Å². The summed E-state index contributed by atoms with van der Waals surface area (Å²) in [6.45, 7) is 4.53. The maximum absolute atomic E-state index is 13.1. The predicted molar refractivity (Wildman–Crippen MR) is 211 cm³/mol. The van der Waals surface area contributed by atoms with Gasteiger partial charge in [-0.05, 0) is 82.4 Å². The van der Waals surface area contributed by atoms with Gasteiger partial charge in [-0.1, -0.05) is 50.0 Å². The number of rotatable bonds is 7. The molecule has 278 valence electrons. The number of fused-ring (bicyclic) bond motifs is 3. The zero-order chi connectivity index (χ0) is 39.1. The minimum absolute atomic E-state index is 0.0497. The fourth-order valence-electron chi connectivity index (χ4n) is 7.51. The molecule has 8 rings (SSSR count). The molecule has 5 heterocycles. The van der Waals surface area contributed by atoms with E-state index in [0.29, 0.717) is 27.9 Å². The molecule has 0 radical (unpaired) electrons. The van der Waals surface area contributed by atoms with Crippen molar-refractivity contribution in [1.29, 1.82) is 0 Å². The van der Waals surface area contributed by atoms with Gasteiger partial charge in [0.2, 0.25) is 11.8 Å². The first-order valence-corrected chi connectivity index (χ1v) is 18.4. The monoisotopic (exact) mass is 743 g/mol. The van der Waals surface area contributed by atoms with E-state index in [1.807, 2.05) is 24.4 Å². The lowest BCUT2D eigenvalue weighted by atomic mass is 9.91. The molecule has 1 atom stereocenters. The number of carbonyl (C=O) groups is 5. The molecule has 1 saturated heterocycles. The molecule has 0 saturated carbocycles. The standard InChI is InChI=1S/C44H37N7O5/c1-24(2)31-17-28(18-32-34(41(53)45-3)22-49-40(31)32)29-10-5-8-26-19-37(48-21-33(26)29)27-12-13-36(47-20-27)42(54)46-16-6-9-25-7-4-11-30-35(25)23-51(44(30)56)38-14-15-39(52)50-43(38)55/h4-5,7-8,10-13,17-22,24,38,49H,14-16,23H2,1-3H3,(H,45,53)(H,46,54)(H,50,52,55). The number of aromatic amines is 1. The molecule has 0 bridgehead atoms. The summed E-state index contributed by atoms with van der Waals surface area (Å²) in [6, 6.07) is 20.3. The van der Waals surface area contributed by atoms with Crippen LogP contribution in [0.5, 0.6) is 0 Å². The highest BCUT2D eigenvalue weighted by molar-refractivity contribution is 6.10. The molecule has 2 aliphatic heterocycles. The Kier molecular flexibility index (Phi) is 9.35. The Labute approximate surface area is 322 Å². The number of pyridine rings is 2. The number of benzene rings is 3. The van der Waals surface area contributed by atoms with Gasteiger partial charge in [0.15, 0.2) is 0 Å². The minimum Gasteiger partial charge on any atom is -0.360 e. The zero-order valence-corrected chi connectivity index (χ0v) is 30.9. The normalized spacial score (nSPS) is 15.1. The van der Waals surface area contributed by atoms with E-state index in [2.05, 4.69) is 69.8 Å². The van der Waals surface area contributed by atoms with Crippen molar-refractivity contribution in [1.82, 2.24) is 35.8 Å². The van der Waals surface area contributed by atoms with Crippen molar-refractivity contribution in [3.8, 4) is 34.2 Å². The largest absolute Gasteiger partial charge is 0.360 e. The first-order valence-electron chi connectivity index (χ1n) is 18.4. The van der Waals surface area contributed by atoms with Crippen molar-refractivity contribution in [3.05, 3.63) is 119 Å². The van der Waals surface area contributed by atoms with Crippen LogP contribution in [0.2, 0.25) is 0 Å². The van der Waals surface area contributed by atoms with Gasteiger partial charge < -0.3 is 20.5 Å². The maximum atomic E-state index is 13.1. The van der Waals surface area contributed by atoms with Gasteiger partial charge in [-0.3, -0.25) is 39.3 Å². The summed E-state index contributed by atoms with van der Waals surface area (Å²) < 4.78 is 0. The third-order valence-corrected chi connectivity index (χ3v) is 10.4. The lowest BCUT2D eigenvalue weighted by Crippen LogP contribution is -2.52. The van der Waals surface area contributed by atoms with Crippen LogP contribution in [0.3, 0.4) is 0 Å². The van der Waals surface area contributed by atoms with E-state index in [9.17, 15) is 24.0 Å². The highest BCUT2D eigenvalue weighted by atomic mass is 16.2. The van der Waals surface area contributed by atoms with Gasteiger partial charge in [-0.2, -0.15) is 0 Å². The number of H-pyrrole nitrogens is 1. The summed E-state index contributed by atoms with van der Waals surface area (Å²) in [5, 5.41) is 10.6. The SMILES string of the molecule is CNC(=O)c1c[nH]c2c(C(C)C)cc(-c3cccc4cc(-c5ccc(C(=O)NCC#Cc6cccc7c6CN(C6CCC(=O)NC6=O)C7=O)nc5)ncc34)cc12. The van der Waals surface area contributed by atoms with Crippen LogP contribution in [-0.4, -0.2) is 69.0 Å². The predicted octanol–water partition coefficient (Wildman–Crippen LogP) is 5.47. The summed E-state index contributed by atoms with van der Waals surface area (Å²) in [6.07, 6.45) is 5.68. The van der Waals surface area contributed by atoms with Gasteiger partial charge in [0.1, 0.15) is 11.7 Å². The van der Waals surface area contributed by atoms with E-state index in [1.165, 1.54) is 4.90 Å². The Balaban J connectivity index is 0.960. The first-order chi connectivity index (χ1) is 27.1. The number of piperidine rings is 1. The van der Waals surface area contributed by atoms with Crippen molar-refractivity contribution in [2.24, 2.45) is 0 Å². The second-order valence-corrected chi connectivity index (χ2v) is 14.2. The second-order valence-electron chi connectivity index (χ2n) is 14.2. The summed E-state index contributed by atoms with van der Waals surface area (Å²) >= 11 is 0. The highest BCUT2D eigenvalue weighted by Crippen LogP contribution is 2.37. The average Bonchev–Trinajstić information content (AvgIpc) is 3.79. The van der Waals surface area contributed by atoms with Gasteiger partial charge in [0.05, 0.1) is 17.8 Å². The van der Waals surface area contributed by atoms with Crippen LogP contribution in [0.25, 0.3) is 44.1 Å². The Morgan fingerprint density at radius 2 is 1.75 bits per heavy atom. The van der Waals surface area contributed by atoms with Gasteiger partial charge in [-0.25, -0.2) is 0 Å². The number of hydrogen-bond donors (Lipinski definition) is 4. The number of aromatic nitrogens is 3. The van der Waals surface area contributed by atoms with Crippen molar-refractivity contribution in [3.63, 3.8) is 0 Å². The molecule has 0 spiro atoms. The summed E-state index contributed by atoms with van der Waals surface area (Å²) in [4.78, 5) is 76.8. The molecule has 4 N–H and O–H groups in total. The molecule has 2 aliphatic rings. The molecule has 6 aromatic rings. The molecule has 0 aliphatic carbocycles. The second kappa shape index (κ2) is 14.6. The first kappa shape index (κ1) is 35.9. The highest BCUT2D eigenvalue weighted by Gasteiger charge is 2.39. The third kappa shape index (κ3) is 6.53. The van der Waals surface area contributed by atoms with Gasteiger partial charge in [0, 0.05) is 71.6 Å². The minimum atomic E-state index is -0.710. The van der Waals surface area contributed by atoms with E-state index >= 15 is 0 Å². The Morgan fingerprint density at radius 3 is 2.52 bits per heavy atom. The van der Waals surface area contributed by atoms with Crippen LogP contribution >= 0.6 is 0 Å². The fourth-order valence-corrected chi connectivity index (χ4v) is 7.51. The van der Waals surface area contributed by atoms with Crippen LogP contribution in [-0.2, 0) is 16.1 Å². The number of amides is 5. The average molecular weight is 744 g/mol. The lowest BCUT2D eigenvalue weighted by Gasteiger charge is -2.29. The Hall–Kier alpha value is -7.13. The van der Waals surface area contributed by atoms with E-state index in [1.54, 1.807) is 49.8 Å². The Bertz CT molecular complexity index is 2690. The number of nitrogens with one attached hydrogen (secondary N) is 4. The summed E-state index contributed by atoms with van der Waals surface area (Å²) in [5.41, 5.74) is 8.17. The number of nitrogens with zero attached hydrogens (tertiary/aromatic N) is 3. The van der Waals surface area contributed by atoms with Gasteiger partial charge in [0.25, 0.3) is 17.7 Å². The van der Waals surface area contributed by atoms with Gasteiger partial charge >= 0.3 is 0 Å². The molecule has 5 amide bonds. The summed E-state index contributed by atoms with van der Waals surface area (Å²) in [5.74, 6) is 4.63. The maximum Gasteiger partial charge on any atom is 0.270 e.